The first-order valence-electron chi connectivity index (χ1n) is 7.13. The van der Waals surface area contributed by atoms with E-state index in [2.05, 4.69) is 0 Å². The number of nitrogens with zero attached hydrogens (tertiary/aromatic N) is 2. The number of amides is 1. The predicted molar refractivity (Wildman–Crippen MR) is 97.5 cm³/mol. The van der Waals surface area contributed by atoms with Crippen molar-refractivity contribution in [2.45, 2.75) is 12.8 Å². The topological polar surface area (TPSA) is 60.9 Å². The second-order valence-corrected chi connectivity index (χ2v) is 6.99. The van der Waals surface area contributed by atoms with Crippen LogP contribution in [0.25, 0.3) is 6.08 Å². The van der Waals surface area contributed by atoms with Crippen molar-refractivity contribution >= 4 is 51.9 Å². The summed E-state index contributed by atoms with van der Waals surface area (Å²) in [6.45, 7) is 0.341. The summed E-state index contributed by atoms with van der Waals surface area (Å²) in [6.07, 6.45) is 2.24. The van der Waals surface area contributed by atoms with Crippen LogP contribution in [-0.4, -0.2) is 46.8 Å². The van der Waals surface area contributed by atoms with Gasteiger partial charge in [0.1, 0.15) is 4.32 Å². The molecule has 1 N–H and O–H groups in total. The molecule has 2 rings (SSSR count). The van der Waals surface area contributed by atoms with Crippen molar-refractivity contribution in [1.82, 2.24) is 4.90 Å². The van der Waals surface area contributed by atoms with Crippen LogP contribution in [0.2, 0.25) is 0 Å². The fraction of sp³-hybridized carbons (Fsp3) is 0.312. The molecule has 1 aromatic carbocycles. The molecule has 5 nitrogen and oxygen atoms in total. The Labute approximate surface area is 145 Å². The van der Waals surface area contributed by atoms with Crippen molar-refractivity contribution in [2.75, 3.05) is 25.5 Å². The van der Waals surface area contributed by atoms with E-state index in [0.29, 0.717) is 22.2 Å². The lowest BCUT2D eigenvalue weighted by molar-refractivity contribution is -0.137. The Kier molecular flexibility index (Phi) is 5.79. The summed E-state index contributed by atoms with van der Waals surface area (Å²) >= 11 is 6.48. The number of benzene rings is 1. The summed E-state index contributed by atoms with van der Waals surface area (Å²) in [6, 6.07) is 7.87. The Hall–Kier alpha value is -1.86. The number of carboxylic acids is 1. The third-order valence-corrected chi connectivity index (χ3v) is 4.73. The molecular formula is C16H18N2O3S2. The van der Waals surface area contributed by atoms with Gasteiger partial charge < -0.3 is 10.0 Å². The molecule has 0 radical (unpaired) electrons. The van der Waals surface area contributed by atoms with Gasteiger partial charge in [-0.2, -0.15) is 0 Å². The number of aliphatic carboxylic acids is 1. The third kappa shape index (κ3) is 4.56. The van der Waals surface area contributed by atoms with E-state index in [4.69, 9.17) is 17.3 Å². The van der Waals surface area contributed by atoms with Crippen LogP contribution in [0.3, 0.4) is 0 Å². The fourth-order valence-corrected chi connectivity index (χ4v) is 3.41. The maximum absolute atomic E-state index is 12.4. The molecule has 122 valence electrons. The van der Waals surface area contributed by atoms with Crippen LogP contribution in [0.15, 0.2) is 29.2 Å². The van der Waals surface area contributed by atoms with E-state index in [-0.39, 0.29) is 12.3 Å². The molecular weight excluding hydrogens is 332 g/mol. The quantitative estimate of drug-likeness (QED) is 0.629. The van der Waals surface area contributed by atoms with E-state index in [0.717, 1.165) is 11.3 Å². The molecule has 1 heterocycles. The lowest BCUT2D eigenvalue weighted by Crippen LogP contribution is -2.29. The number of anilines is 1. The SMILES string of the molecule is CN(C)c1ccc(/C=C2/SC(=S)N(CCCC(=O)O)C2=O)cc1. The van der Waals surface area contributed by atoms with Crippen molar-refractivity contribution in [2.24, 2.45) is 0 Å². The molecule has 0 unspecified atom stereocenters. The van der Waals surface area contributed by atoms with Gasteiger partial charge in [0.2, 0.25) is 0 Å². The van der Waals surface area contributed by atoms with Crippen molar-refractivity contribution in [1.29, 1.82) is 0 Å². The molecule has 1 aliphatic rings. The number of rotatable bonds is 6. The zero-order chi connectivity index (χ0) is 17.0. The normalized spacial score (nSPS) is 16.3. The summed E-state index contributed by atoms with van der Waals surface area (Å²) in [5, 5.41) is 8.67. The van der Waals surface area contributed by atoms with Crippen LogP contribution in [0.5, 0.6) is 0 Å². The summed E-state index contributed by atoms with van der Waals surface area (Å²) in [5.74, 6) is -1.02. The van der Waals surface area contributed by atoms with Gasteiger partial charge in [-0.05, 0) is 30.2 Å². The van der Waals surface area contributed by atoms with Crippen molar-refractivity contribution < 1.29 is 14.7 Å². The van der Waals surface area contributed by atoms with Crippen LogP contribution < -0.4 is 4.90 Å². The molecule has 0 atom stereocenters. The number of carbonyl (C=O) groups is 2. The maximum atomic E-state index is 12.4. The molecule has 0 spiro atoms. The number of thiocarbonyl (C=S) groups is 1. The lowest BCUT2D eigenvalue weighted by atomic mass is 10.2. The molecule has 1 aromatic rings. The summed E-state index contributed by atoms with van der Waals surface area (Å²) in [4.78, 5) is 27.0. The van der Waals surface area contributed by atoms with Gasteiger partial charge in [0.15, 0.2) is 0 Å². The first-order valence-corrected chi connectivity index (χ1v) is 8.35. The average molecular weight is 350 g/mol. The van der Waals surface area contributed by atoms with Gasteiger partial charge >= 0.3 is 5.97 Å². The molecule has 0 bridgehead atoms. The minimum atomic E-state index is -0.869. The molecule has 0 aromatic heterocycles. The van der Waals surface area contributed by atoms with Gasteiger partial charge in [-0.25, -0.2) is 0 Å². The van der Waals surface area contributed by atoms with Crippen LogP contribution in [-0.2, 0) is 9.59 Å². The molecule has 1 amide bonds. The van der Waals surface area contributed by atoms with Gasteiger partial charge in [-0.3, -0.25) is 14.5 Å². The number of hydrogen-bond acceptors (Lipinski definition) is 5. The Morgan fingerprint density at radius 1 is 1.35 bits per heavy atom. The van der Waals surface area contributed by atoms with E-state index in [1.165, 1.54) is 16.7 Å². The molecule has 1 aliphatic heterocycles. The second-order valence-electron chi connectivity index (χ2n) is 5.32. The number of thioether (sulfide) groups is 1. The van der Waals surface area contributed by atoms with Crippen molar-refractivity contribution in [3.8, 4) is 0 Å². The van der Waals surface area contributed by atoms with Gasteiger partial charge in [0.25, 0.3) is 5.91 Å². The van der Waals surface area contributed by atoms with Crippen LogP contribution in [0.1, 0.15) is 18.4 Å². The van der Waals surface area contributed by atoms with Gasteiger partial charge in [0, 0.05) is 32.7 Å². The molecule has 0 saturated carbocycles. The van der Waals surface area contributed by atoms with Crippen molar-refractivity contribution in [3.63, 3.8) is 0 Å². The Balaban J connectivity index is 2.07. The Bertz CT molecular complexity index is 654. The number of hydrogen-bond donors (Lipinski definition) is 1. The fourth-order valence-electron chi connectivity index (χ4n) is 2.10. The van der Waals surface area contributed by atoms with Crippen LogP contribution in [0, 0.1) is 0 Å². The van der Waals surface area contributed by atoms with E-state index in [1.54, 1.807) is 0 Å². The number of carboxylic acid groups (broad SMARTS) is 1. The van der Waals surface area contributed by atoms with E-state index >= 15 is 0 Å². The number of carbonyl (C=O) groups excluding carboxylic acids is 1. The van der Waals surface area contributed by atoms with Gasteiger partial charge in [-0.15, -0.1) is 0 Å². The second kappa shape index (κ2) is 7.61. The molecule has 0 aliphatic carbocycles. The zero-order valence-corrected chi connectivity index (χ0v) is 14.6. The minimum Gasteiger partial charge on any atom is -0.481 e. The molecule has 7 heteroatoms. The largest absolute Gasteiger partial charge is 0.481 e. The average Bonchev–Trinajstić information content (AvgIpc) is 2.75. The Morgan fingerprint density at radius 2 is 2.00 bits per heavy atom. The van der Waals surface area contributed by atoms with E-state index in [1.807, 2.05) is 49.3 Å². The predicted octanol–water partition coefficient (Wildman–Crippen LogP) is 2.82. The standard InChI is InChI=1S/C16H18N2O3S2/c1-17(2)12-7-5-11(6-8-12)10-13-15(21)18(16(22)23-13)9-3-4-14(19)20/h5-8,10H,3-4,9H2,1-2H3,(H,19,20)/b13-10+. The lowest BCUT2D eigenvalue weighted by Gasteiger charge is -2.13. The summed E-state index contributed by atoms with van der Waals surface area (Å²) in [7, 11) is 3.94. The summed E-state index contributed by atoms with van der Waals surface area (Å²) in [5.41, 5.74) is 2.02. The first-order chi connectivity index (χ1) is 10.9. The highest BCUT2D eigenvalue weighted by Gasteiger charge is 2.31. The first kappa shape index (κ1) is 17.5. The zero-order valence-electron chi connectivity index (χ0n) is 13.0. The van der Waals surface area contributed by atoms with Crippen LogP contribution >= 0.6 is 24.0 Å². The summed E-state index contributed by atoms with van der Waals surface area (Å²) < 4.78 is 0.483. The van der Waals surface area contributed by atoms with E-state index < -0.39 is 5.97 Å². The molecule has 1 fully saturated rings. The highest BCUT2D eigenvalue weighted by molar-refractivity contribution is 8.26. The van der Waals surface area contributed by atoms with Gasteiger partial charge in [0.05, 0.1) is 4.91 Å². The molecule has 1 saturated heterocycles. The smallest absolute Gasteiger partial charge is 0.303 e. The Morgan fingerprint density at radius 3 is 2.57 bits per heavy atom. The molecule has 23 heavy (non-hydrogen) atoms. The highest BCUT2D eigenvalue weighted by Crippen LogP contribution is 2.32. The van der Waals surface area contributed by atoms with E-state index in [9.17, 15) is 9.59 Å². The minimum absolute atomic E-state index is 0.0299. The van der Waals surface area contributed by atoms with Crippen LogP contribution in [0.4, 0.5) is 5.69 Å². The van der Waals surface area contributed by atoms with Gasteiger partial charge in [-0.1, -0.05) is 36.1 Å². The maximum Gasteiger partial charge on any atom is 0.303 e. The monoisotopic (exact) mass is 350 g/mol. The third-order valence-electron chi connectivity index (χ3n) is 3.35. The highest BCUT2D eigenvalue weighted by atomic mass is 32.2. The van der Waals surface area contributed by atoms with Crippen molar-refractivity contribution in [3.05, 3.63) is 34.7 Å².